The lowest BCUT2D eigenvalue weighted by molar-refractivity contribution is 0.324. The van der Waals surface area contributed by atoms with Crippen LogP contribution in [0.3, 0.4) is 0 Å². The molecule has 1 N–H and O–H groups in total. The van der Waals surface area contributed by atoms with E-state index in [1.165, 1.54) is 21.8 Å². The van der Waals surface area contributed by atoms with Crippen molar-refractivity contribution in [3.8, 4) is 17.2 Å². The van der Waals surface area contributed by atoms with Crippen molar-refractivity contribution in [2.24, 2.45) is 0 Å². The van der Waals surface area contributed by atoms with Crippen LogP contribution in [-0.4, -0.2) is 30.7 Å². The Morgan fingerprint density at radius 3 is 2.46 bits per heavy atom. The molecular weight excluding hydrogens is 330 g/mol. The predicted octanol–water partition coefficient (Wildman–Crippen LogP) is 2.39. The fourth-order valence-electron chi connectivity index (χ4n) is 2.35. The van der Waals surface area contributed by atoms with Crippen LogP contribution in [0, 0.1) is 0 Å². The van der Waals surface area contributed by atoms with E-state index in [2.05, 4.69) is 10.3 Å². The number of aromatic nitrogens is 2. The summed E-state index contributed by atoms with van der Waals surface area (Å²) in [6.45, 7) is 0.405. The average Bonchev–Trinajstić information content (AvgIpc) is 3.08. The summed E-state index contributed by atoms with van der Waals surface area (Å²) < 4.78 is 17.5. The largest absolute Gasteiger partial charge is 0.493 e. The van der Waals surface area contributed by atoms with E-state index in [4.69, 9.17) is 14.2 Å². The fraction of sp³-hybridized carbons (Fsp3) is 0.250. The smallest absolute Gasteiger partial charge is 0.258 e. The van der Waals surface area contributed by atoms with Crippen molar-refractivity contribution in [3.63, 3.8) is 0 Å². The molecule has 3 aromatic rings. The number of hydrogen-bond donors (Lipinski definition) is 1. The van der Waals surface area contributed by atoms with Gasteiger partial charge in [-0.1, -0.05) is 0 Å². The van der Waals surface area contributed by atoms with Gasteiger partial charge in [0.05, 0.1) is 33.6 Å². The van der Waals surface area contributed by atoms with Gasteiger partial charge in [-0.3, -0.25) is 9.20 Å². The van der Waals surface area contributed by atoms with Crippen molar-refractivity contribution >= 4 is 22.0 Å². The molecule has 126 valence electrons. The quantitative estimate of drug-likeness (QED) is 0.738. The van der Waals surface area contributed by atoms with Crippen molar-refractivity contribution in [1.29, 1.82) is 0 Å². The van der Waals surface area contributed by atoms with E-state index in [0.717, 1.165) is 5.69 Å². The van der Waals surface area contributed by atoms with Crippen LogP contribution in [-0.2, 0) is 6.54 Å². The Morgan fingerprint density at radius 1 is 1.12 bits per heavy atom. The highest BCUT2D eigenvalue weighted by atomic mass is 32.1. The molecule has 8 heteroatoms. The van der Waals surface area contributed by atoms with E-state index in [0.29, 0.717) is 34.4 Å². The minimum atomic E-state index is -0.0945. The summed E-state index contributed by atoms with van der Waals surface area (Å²) in [4.78, 5) is 17.1. The van der Waals surface area contributed by atoms with Crippen LogP contribution in [0.2, 0.25) is 0 Å². The van der Waals surface area contributed by atoms with Gasteiger partial charge in [0.15, 0.2) is 16.5 Å². The maximum Gasteiger partial charge on any atom is 0.258 e. The van der Waals surface area contributed by atoms with Crippen LogP contribution in [0.25, 0.3) is 4.96 Å². The lowest BCUT2D eigenvalue weighted by Gasteiger charge is -2.15. The third-order valence-corrected chi connectivity index (χ3v) is 4.25. The Kier molecular flexibility index (Phi) is 4.57. The molecule has 2 aromatic heterocycles. The van der Waals surface area contributed by atoms with E-state index in [1.807, 2.05) is 5.38 Å². The molecule has 1 aromatic carbocycles. The number of hydrogen-bond acceptors (Lipinski definition) is 7. The molecule has 0 atom stereocenters. The summed E-state index contributed by atoms with van der Waals surface area (Å²) in [6.07, 6.45) is 1.71. The lowest BCUT2D eigenvalue weighted by atomic mass is 10.2. The molecule has 0 saturated carbocycles. The molecule has 3 rings (SSSR count). The Bertz CT molecular complexity index is 894. The van der Waals surface area contributed by atoms with Crippen LogP contribution in [0.5, 0.6) is 17.2 Å². The molecule has 0 aliphatic rings. The predicted molar refractivity (Wildman–Crippen MR) is 92.8 cm³/mol. The minimum Gasteiger partial charge on any atom is -0.493 e. The van der Waals surface area contributed by atoms with Crippen LogP contribution >= 0.6 is 11.3 Å². The number of rotatable bonds is 6. The van der Waals surface area contributed by atoms with Gasteiger partial charge >= 0.3 is 0 Å². The fourth-order valence-corrected chi connectivity index (χ4v) is 3.09. The van der Waals surface area contributed by atoms with E-state index in [1.54, 1.807) is 39.7 Å². The van der Waals surface area contributed by atoms with E-state index >= 15 is 0 Å². The Labute approximate surface area is 142 Å². The van der Waals surface area contributed by atoms with Crippen LogP contribution in [0.4, 0.5) is 5.69 Å². The molecule has 0 spiro atoms. The molecule has 24 heavy (non-hydrogen) atoms. The number of methoxy groups -OCH3 is 3. The van der Waals surface area contributed by atoms with Gasteiger partial charge in [-0.05, 0) is 0 Å². The molecular formula is C16H17N3O4S. The van der Waals surface area contributed by atoms with Gasteiger partial charge < -0.3 is 19.5 Å². The molecule has 0 unspecified atom stereocenters. The van der Waals surface area contributed by atoms with E-state index < -0.39 is 0 Å². The highest BCUT2D eigenvalue weighted by molar-refractivity contribution is 7.15. The summed E-state index contributed by atoms with van der Waals surface area (Å²) >= 11 is 1.42. The number of nitrogens with zero attached hydrogens (tertiary/aromatic N) is 2. The maximum absolute atomic E-state index is 12.0. The molecule has 0 fully saturated rings. The standard InChI is InChI=1S/C16H17N3O4S/c1-21-12-6-10(7-13(22-2)15(12)23-3)17-9-11-8-14(20)19-4-5-24-16(19)18-11/h4-8,17H,9H2,1-3H3. The highest BCUT2D eigenvalue weighted by Gasteiger charge is 2.13. The molecule has 0 amide bonds. The maximum atomic E-state index is 12.0. The van der Waals surface area contributed by atoms with Gasteiger partial charge in [0.25, 0.3) is 5.56 Å². The number of nitrogens with one attached hydrogen (secondary N) is 1. The van der Waals surface area contributed by atoms with Crippen molar-refractivity contribution in [1.82, 2.24) is 9.38 Å². The first-order chi connectivity index (χ1) is 11.7. The summed E-state index contributed by atoms with van der Waals surface area (Å²) in [5.41, 5.74) is 1.34. The molecule has 0 saturated heterocycles. The summed E-state index contributed by atoms with van der Waals surface area (Å²) in [5.74, 6) is 1.64. The van der Waals surface area contributed by atoms with E-state index in [9.17, 15) is 4.79 Å². The first kappa shape index (κ1) is 16.1. The average molecular weight is 347 g/mol. The highest BCUT2D eigenvalue weighted by Crippen LogP contribution is 2.39. The van der Waals surface area contributed by atoms with Crippen molar-refractivity contribution in [2.75, 3.05) is 26.6 Å². The monoisotopic (exact) mass is 347 g/mol. The third-order valence-electron chi connectivity index (χ3n) is 3.49. The zero-order valence-electron chi connectivity index (χ0n) is 13.5. The van der Waals surface area contributed by atoms with E-state index in [-0.39, 0.29) is 5.56 Å². The van der Waals surface area contributed by atoms with Crippen LogP contribution in [0.1, 0.15) is 5.69 Å². The molecule has 0 aliphatic carbocycles. The summed E-state index contributed by atoms with van der Waals surface area (Å²) in [7, 11) is 4.68. The second-order valence-electron chi connectivity index (χ2n) is 4.91. The Balaban J connectivity index is 1.86. The number of benzene rings is 1. The molecule has 0 radical (unpaired) electrons. The second-order valence-corrected chi connectivity index (χ2v) is 5.78. The van der Waals surface area contributed by atoms with Gasteiger partial charge in [-0.15, -0.1) is 11.3 Å². The molecule has 2 heterocycles. The Morgan fingerprint density at radius 2 is 1.83 bits per heavy atom. The normalized spacial score (nSPS) is 10.6. The topological polar surface area (TPSA) is 74.1 Å². The molecule has 0 bridgehead atoms. The number of fused-ring (bicyclic) bond motifs is 1. The minimum absolute atomic E-state index is 0.0945. The second kappa shape index (κ2) is 6.79. The zero-order chi connectivity index (χ0) is 17.1. The number of thiazole rings is 1. The number of ether oxygens (including phenoxy) is 3. The first-order valence-corrected chi connectivity index (χ1v) is 8.04. The van der Waals surface area contributed by atoms with Crippen molar-refractivity contribution in [2.45, 2.75) is 6.54 Å². The van der Waals surface area contributed by atoms with Crippen molar-refractivity contribution in [3.05, 3.63) is 45.8 Å². The SMILES string of the molecule is COc1cc(NCc2cc(=O)n3ccsc3n2)cc(OC)c1OC. The first-order valence-electron chi connectivity index (χ1n) is 7.16. The van der Waals surface area contributed by atoms with Crippen LogP contribution in [0.15, 0.2) is 34.6 Å². The van der Waals surface area contributed by atoms with Gasteiger partial charge in [0.1, 0.15) is 0 Å². The number of anilines is 1. The van der Waals surface area contributed by atoms with Gasteiger partial charge in [0, 0.05) is 35.5 Å². The zero-order valence-corrected chi connectivity index (χ0v) is 14.3. The van der Waals surface area contributed by atoms with Gasteiger partial charge in [0.2, 0.25) is 5.75 Å². The molecule has 7 nitrogen and oxygen atoms in total. The van der Waals surface area contributed by atoms with Gasteiger partial charge in [-0.2, -0.15) is 0 Å². The van der Waals surface area contributed by atoms with Gasteiger partial charge in [-0.25, -0.2) is 4.98 Å². The molecule has 0 aliphatic heterocycles. The summed E-state index contributed by atoms with van der Waals surface area (Å²) in [5, 5.41) is 5.06. The Hall–Kier alpha value is -2.74. The summed E-state index contributed by atoms with van der Waals surface area (Å²) in [6, 6.07) is 5.13. The van der Waals surface area contributed by atoms with Crippen LogP contribution < -0.4 is 25.1 Å². The third kappa shape index (κ3) is 3.00. The van der Waals surface area contributed by atoms with Crippen molar-refractivity contribution < 1.29 is 14.2 Å². The lowest BCUT2D eigenvalue weighted by Crippen LogP contribution is -2.14.